The van der Waals surface area contributed by atoms with Gasteiger partial charge in [-0.1, -0.05) is 19.9 Å². The lowest BCUT2D eigenvalue weighted by Gasteiger charge is -2.32. The van der Waals surface area contributed by atoms with Crippen molar-refractivity contribution in [3.63, 3.8) is 0 Å². The van der Waals surface area contributed by atoms with Crippen LogP contribution in [0.5, 0.6) is 11.5 Å². The Morgan fingerprint density at radius 3 is 2.41 bits per heavy atom. The van der Waals surface area contributed by atoms with Gasteiger partial charge in [-0.25, -0.2) is 0 Å². The molecule has 0 saturated carbocycles. The third-order valence-corrected chi connectivity index (χ3v) is 4.76. The summed E-state index contributed by atoms with van der Waals surface area (Å²) in [7, 11) is 3.18. The van der Waals surface area contributed by atoms with Crippen LogP contribution in [0.2, 0.25) is 0 Å². The summed E-state index contributed by atoms with van der Waals surface area (Å²) in [5.74, 6) is 1.41. The summed E-state index contributed by atoms with van der Waals surface area (Å²) in [5, 5.41) is 6.02. The summed E-state index contributed by atoms with van der Waals surface area (Å²) in [6, 6.07) is 5.81. The smallest absolute Gasteiger partial charge is 0.234 e. The first-order chi connectivity index (χ1) is 12.9. The van der Waals surface area contributed by atoms with Gasteiger partial charge in [0.2, 0.25) is 11.8 Å². The Hall–Kier alpha value is -2.28. The second-order valence-corrected chi connectivity index (χ2v) is 7.18. The predicted octanol–water partition coefficient (Wildman–Crippen LogP) is 1.56. The highest BCUT2D eigenvalue weighted by atomic mass is 16.5. The van der Waals surface area contributed by atoms with Gasteiger partial charge in [-0.15, -0.1) is 0 Å². The molecule has 0 unspecified atom stereocenters. The van der Waals surface area contributed by atoms with E-state index in [0.717, 1.165) is 31.5 Å². The van der Waals surface area contributed by atoms with E-state index in [9.17, 15) is 9.59 Å². The quantitative estimate of drug-likeness (QED) is 0.719. The molecule has 0 spiro atoms. The predicted molar refractivity (Wildman–Crippen MR) is 104 cm³/mol. The van der Waals surface area contributed by atoms with Crippen LogP contribution >= 0.6 is 0 Å². The number of hydrogen-bond donors (Lipinski definition) is 2. The second-order valence-electron chi connectivity index (χ2n) is 7.18. The third kappa shape index (κ3) is 6.43. The Morgan fingerprint density at radius 2 is 1.81 bits per heavy atom. The van der Waals surface area contributed by atoms with Gasteiger partial charge in [0.1, 0.15) is 0 Å². The Balaban J connectivity index is 1.73. The molecule has 1 aliphatic heterocycles. The van der Waals surface area contributed by atoms with Crippen LogP contribution < -0.4 is 20.1 Å². The molecule has 0 bridgehead atoms. The minimum Gasteiger partial charge on any atom is -0.493 e. The standard InChI is InChI=1S/C20H31N3O4/c1-14(2)20(25)22-16-7-9-23(10-8-16)13-19(24)21-12-15-5-6-17(26-3)18(11-15)27-4/h5-6,11,14,16H,7-10,12-13H2,1-4H3,(H,21,24)(H,22,25). The molecule has 0 radical (unpaired) electrons. The number of likely N-dealkylation sites (tertiary alicyclic amines) is 1. The highest BCUT2D eigenvalue weighted by molar-refractivity contribution is 5.78. The van der Waals surface area contributed by atoms with Crippen molar-refractivity contribution in [3.05, 3.63) is 23.8 Å². The summed E-state index contributed by atoms with van der Waals surface area (Å²) in [6.07, 6.45) is 1.75. The van der Waals surface area contributed by atoms with Gasteiger partial charge >= 0.3 is 0 Å². The van der Waals surface area contributed by atoms with Gasteiger partial charge in [0, 0.05) is 31.6 Å². The Labute approximate surface area is 161 Å². The Kier molecular flexibility index (Phi) is 7.91. The van der Waals surface area contributed by atoms with E-state index in [1.54, 1.807) is 14.2 Å². The van der Waals surface area contributed by atoms with E-state index >= 15 is 0 Å². The number of amides is 2. The lowest BCUT2D eigenvalue weighted by molar-refractivity contribution is -0.126. The van der Waals surface area contributed by atoms with Crippen molar-refractivity contribution in [3.8, 4) is 11.5 Å². The van der Waals surface area contributed by atoms with Crippen molar-refractivity contribution < 1.29 is 19.1 Å². The molecule has 7 heteroatoms. The lowest BCUT2D eigenvalue weighted by atomic mass is 10.0. The van der Waals surface area contributed by atoms with Gasteiger partial charge in [0.25, 0.3) is 0 Å². The normalized spacial score (nSPS) is 15.4. The van der Waals surface area contributed by atoms with E-state index in [4.69, 9.17) is 9.47 Å². The summed E-state index contributed by atoms with van der Waals surface area (Å²) >= 11 is 0. The fraction of sp³-hybridized carbons (Fsp3) is 0.600. The number of piperidine rings is 1. The zero-order valence-corrected chi connectivity index (χ0v) is 16.7. The van der Waals surface area contributed by atoms with Crippen LogP contribution in [0.25, 0.3) is 0 Å². The van der Waals surface area contributed by atoms with Crippen molar-refractivity contribution in [2.45, 2.75) is 39.3 Å². The summed E-state index contributed by atoms with van der Waals surface area (Å²) in [6.45, 7) is 6.23. The Bertz CT molecular complexity index is 640. The first-order valence-corrected chi connectivity index (χ1v) is 9.43. The second kappa shape index (κ2) is 10.2. The van der Waals surface area contributed by atoms with Gasteiger partial charge in [-0.05, 0) is 30.5 Å². The average molecular weight is 377 g/mol. The highest BCUT2D eigenvalue weighted by Crippen LogP contribution is 2.27. The average Bonchev–Trinajstić information content (AvgIpc) is 2.67. The molecule has 2 N–H and O–H groups in total. The van der Waals surface area contributed by atoms with Crippen LogP contribution in [-0.2, 0) is 16.1 Å². The van der Waals surface area contributed by atoms with Gasteiger partial charge < -0.3 is 20.1 Å². The number of ether oxygens (including phenoxy) is 2. The monoisotopic (exact) mass is 377 g/mol. The van der Waals surface area contributed by atoms with Crippen LogP contribution in [0, 0.1) is 5.92 Å². The maximum atomic E-state index is 12.2. The number of hydrogen-bond acceptors (Lipinski definition) is 5. The number of carbonyl (C=O) groups is 2. The molecule has 0 atom stereocenters. The number of methoxy groups -OCH3 is 2. The first kappa shape index (κ1) is 21.0. The molecule has 0 aromatic heterocycles. The molecule has 1 aromatic carbocycles. The number of benzene rings is 1. The third-order valence-electron chi connectivity index (χ3n) is 4.76. The molecule has 1 heterocycles. The topological polar surface area (TPSA) is 79.9 Å². The van der Waals surface area contributed by atoms with Gasteiger partial charge in [0.05, 0.1) is 20.8 Å². The van der Waals surface area contributed by atoms with E-state index in [0.29, 0.717) is 24.6 Å². The molecule has 7 nitrogen and oxygen atoms in total. The van der Waals surface area contributed by atoms with Crippen molar-refractivity contribution in [2.75, 3.05) is 33.9 Å². The fourth-order valence-corrected chi connectivity index (χ4v) is 3.05. The zero-order valence-electron chi connectivity index (χ0n) is 16.7. The van der Waals surface area contributed by atoms with Crippen LogP contribution in [0.1, 0.15) is 32.3 Å². The maximum absolute atomic E-state index is 12.2. The number of carbonyl (C=O) groups excluding carboxylic acids is 2. The van der Waals surface area contributed by atoms with Gasteiger partial charge in [-0.2, -0.15) is 0 Å². The Morgan fingerprint density at radius 1 is 1.15 bits per heavy atom. The van der Waals surface area contributed by atoms with E-state index in [2.05, 4.69) is 15.5 Å². The van der Waals surface area contributed by atoms with Crippen molar-refractivity contribution >= 4 is 11.8 Å². The van der Waals surface area contributed by atoms with Crippen LogP contribution in [-0.4, -0.2) is 56.6 Å². The van der Waals surface area contributed by atoms with Crippen LogP contribution in [0.4, 0.5) is 0 Å². The molecule has 2 rings (SSSR count). The molecule has 1 saturated heterocycles. The minimum absolute atomic E-state index is 0.00499. The number of rotatable bonds is 8. The van der Waals surface area contributed by atoms with E-state index in [-0.39, 0.29) is 23.8 Å². The molecule has 2 amide bonds. The van der Waals surface area contributed by atoms with E-state index < -0.39 is 0 Å². The van der Waals surface area contributed by atoms with Crippen molar-refractivity contribution in [1.29, 1.82) is 0 Å². The highest BCUT2D eigenvalue weighted by Gasteiger charge is 2.22. The van der Waals surface area contributed by atoms with E-state index in [1.807, 2.05) is 32.0 Å². The summed E-state index contributed by atoms with van der Waals surface area (Å²) < 4.78 is 10.5. The molecule has 150 valence electrons. The summed E-state index contributed by atoms with van der Waals surface area (Å²) in [5.41, 5.74) is 0.955. The van der Waals surface area contributed by atoms with Crippen molar-refractivity contribution in [1.82, 2.24) is 15.5 Å². The van der Waals surface area contributed by atoms with E-state index in [1.165, 1.54) is 0 Å². The molecule has 1 fully saturated rings. The SMILES string of the molecule is COc1ccc(CNC(=O)CN2CCC(NC(=O)C(C)C)CC2)cc1OC. The lowest BCUT2D eigenvalue weighted by Crippen LogP contribution is -2.48. The first-order valence-electron chi connectivity index (χ1n) is 9.43. The molecule has 1 aliphatic rings. The van der Waals surface area contributed by atoms with Crippen molar-refractivity contribution in [2.24, 2.45) is 5.92 Å². The zero-order chi connectivity index (χ0) is 19.8. The van der Waals surface area contributed by atoms with Gasteiger partial charge in [0.15, 0.2) is 11.5 Å². The largest absolute Gasteiger partial charge is 0.493 e. The van der Waals surface area contributed by atoms with Gasteiger partial charge in [-0.3, -0.25) is 14.5 Å². The molecule has 1 aromatic rings. The summed E-state index contributed by atoms with van der Waals surface area (Å²) in [4.78, 5) is 26.1. The molecule has 0 aliphatic carbocycles. The minimum atomic E-state index is -0.00514. The van der Waals surface area contributed by atoms with Crippen LogP contribution in [0.3, 0.4) is 0 Å². The maximum Gasteiger partial charge on any atom is 0.234 e. The van der Waals surface area contributed by atoms with Crippen LogP contribution in [0.15, 0.2) is 18.2 Å². The molecule has 27 heavy (non-hydrogen) atoms. The molecular weight excluding hydrogens is 346 g/mol. The molecular formula is C20H31N3O4. The number of nitrogens with zero attached hydrogens (tertiary/aromatic N) is 1. The fourth-order valence-electron chi connectivity index (χ4n) is 3.05. The number of nitrogens with one attached hydrogen (secondary N) is 2.